The molecule has 2 rings (SSSR count). The summed E-state index contributed by atoms with van der Waals surface area (Å²) in [6.45, 7) is 2.45. The van der Waals surface area contributed by atoms with Gasteiger partial charge in [-0.2, -0.15) is 0 Å². The Morgan fingerprint density at radius 3 is 2.10 bits per heavy atom. The van der Waals surface area contributed by atoms with Crippen molar-refractivity contribution in [2.24, 2.45) is 0 Å². The highest BCUT2D eigenvalue weighted by atomic mass is 16.5. The molecule has 0 amide bonds. The van der Waals surface area contributed by atoms with E-state index in [-0.39, 0.29) is 19.8 Å². The van der Waals surface area contributed by atoms with Gasteiger partial charge in [0, 0.05) is 0 Å². The Morgan fingerprint density at radius 2 is 1.52 bits per heavy atom. The predicted octanol–water partition coefficient (Wildman–Crippen LogP) is 2.43. The molecular formula is C18H22O3. The molecule has 21 heavy (non-hydrogen) atoms. The van der Waals surface area contributed by atoms with Gasteiger partial charge in [-0.3, -0.25) is 0 Å². The van der Waals surface area contributed by atoms with Crippen molar-refractivity contribution < 1.29 is 14.9 Å². The normalized spacial score (nSPS) is 11.6. The molecule has 0 bridgehead atoms. The summed E-state index contributed by atoms with van der Waals surface area (Å²) in [4.78, 5) is 0. The molecule has 2 N–H and O–H groups in total. The lowest BCUT2D eigenvalue weighted by Crippen LogP contribution is -2.39. The van der Waals surface area contributed by atoms with Gasteiger partial charge in [-0.1, -0.05) is 60.2 Å². The topological polar surface area (TPSA) is 49.7 Å². The largest absolute Gasteiger partial charge is 0.395 e. The molecule has 2 aromatic carbocycles. The van der Waals surface area contributed by atoms with Gasteiger partial charge in [0.15, 0.2) is 0 Å². The van der Waals surface area contributed by atoms with E-state index in [0.29, 0.717) is 6.61 Å². The predicted molar refractivity (Wildman–Crippen MR) is 83.1 cm³/mol. The fourth-order valence-electron chi connectivity index (χ4n) is 2.25. The smallest absolute Gasteiger partial charge is 0.0717 e. The minimum Gasteiger partial charge on any atom is -0.395 e. The van der Waals surface area contributed by atoms with Gasteiger partial charge in [-0.15, -0.1) is 0 Å². The maximum atomic E-state index is 9.76. The summed E-state index contributed by atoms with van der Waals surface area (Å²) in [5, 5.41) is 19.5. The molecule has 0 saturated heterocycles. The van der Waals surface area contributed by atoms with Crippen molar-refractivity contribution in [1.29, 1.82) is 0 Å². The second-order valence-electron chi connectivity index (χ2n) is 5.44. The van der Waals surface area contributed by atoms with Crippen LogP contribution in [0.2, 0.25) is 0 Å². The Bertz CT molecular complexity index is 530. The zero-order valence-corrected chi connectivity index (χ0v) is 12.3. The molecule has 0 radical (unpaired) electrons. The standard InChI is InChI=1S/C18H22O3/c1-15-7-9-17(10-8-15)18(12-19,13-20)14-21-11-16-5-3-2-4-6-16/h2-10,19-20H,11-14H2,1H3. The molecule has 2 aromatic rings. The summed E-state index contributed by atoms with van der Waals surface area (Å²) < 4.78 is 5.73. The van der Waals surface area contributed by atoms with Gasteiger partial charge in [0.25, 0.3) is 0 Å². The molecule has 0 aliphatic rings. The molecule has 0 heterocycles. The fourth-order valence-corrected chi connectivity index (χ4v) is 2.25. The van der Waals surface area contributed by atoms with E-state index in [4.69, 9.17) is 4.74 Å². The average Bonchev–Trinajstić information content (AvgIpc) is 2.54. The number of ether oxygens (including phenoxy) is 1. The number of aliphatic hydroxyl groups is 2. The number of aliphatic hydroxyl groups excluding tert-OH is 2. The molecule has 0 fully saturated rings. The third-order valence-corrected chi connectivity index (χ3v) is 3.76. The van der Waals surface area contributed by atoms with Crippen molar-refractivity contribution in [3.05, 3.63) is 71.3 Å². The maximum absolute atomic E-state index is 9.76. The first kappa shape index (κ1) is 15.7. The van der Waals surface area contributed by atoms with Crippen molar-refractivity contribution in [2.45, 2.75) is 18.9 Å². The van der Waals surface area contributed by atoms with E-state index in [0.717, 1.165) is 16.7 Å². The number of benzene rings is 2. The third-order valence-electron chi connectivity index (χ3n) is 3.76. The van der Waals surface area contributed by atoms with Crippen LogP contribution in [0.15, 0.2) is 54.6 Å². The van der Waals surface area contributed by atoms with Crippen molar-refractivity contribution >= 4 is 0 Å². The summed E-state index contributed by atoms with van der Waals surface area (Å²) in [5.41, 5.74) is 2.36. The highest BCUT2D eigenvalue weighted by molar-refractivity contribution is 5.29. The second-order valence-corrected chi connectivity index (χ2v) is 5.44. The molecule has 112 valence electrons. The van der Waals surface area contributed by atoms with Crippen LogP contribution >= 0.6 is 0 Å². The highest BCUT2D eigenvalue weighted by Gasteiger charge is 2.31. The van der Waals surface area contributed by atoms with E-state index in [1.54, 1.807) is 0 Å². The first-order valence-electron chi connectivity index (χ1n) is 7.11. The molecule has 0 unspecified atom stereocenters. The SMILES string of the molecule is Cc1ccc(C(CO)(CO)COCc2ccccc2)cc1. The molecule has 0 spiro atoms. The molecule has 0 aromatic heterocycles. The first-order valence-corrected chi connectivity index (χ1v) is 7.11. The van der Waals surface area contributed by atoms with Gasteiger partial charge >= 0.3 is 0 Å². The number of aryl methyl sites for hydroxylation is 1. The van der Waals surface area contributed by atoms with E-state index < -0.39 is 5.41 Å². The number of rotatable bonds is 7. The van der Waals surface area contributed by atoms with E-state index in [9.17, 15) is 10.2 Å². The Kier molecular flexibility index (Phi) is 5.51. The fraction of sp³-hybridized carbons (Fsp3) is 0.333. The van der Waals surface area contributed by atoms with Crippen LogP contribution in [-0.4, -0.2) is 30.0 Å². The third kappa shape index (κ3) is 3.91. The van der Waals surface area contributed by atoms with Crippen molar-refractivity contribution in [1.82, 2.24) is 0 Å². The van der Waals surface area contributed by atoms with Crippen molar-refractivity contribution in [3.63, 3.8) is 0 Å². The van der Waals surface area contributed by atoms with E-state index in [2.05, 4.69) is 0 Å². The van der Waals surface area contributed by atoms with Crippen LogP contribution in [0.25, 0.3) is 0 Å². The first-order chi connectivity index (χ1) is 10.2. The Labute approximate surface area is 125 Å². The maximum Gasteiger partial charge on any atom is 0.0717 e. The van der Waals surface area contributed by atoms with E-state index in [1.807, 2.05) is 61.5 Å². The summed E-state index contributed by atoms with van der Waals surface area (Å²) in [6, 6.07) is 17.7. The molecular weight excluding hydrogens is 264 g/mol. The van der Waals surface area contributed by atoms with Gasteiger partial charge in [-0.25, -0.2) is 0 Å². The van der Waals surface area contributed by atoms with Crippen LogP contribution in [0.4, 0.5) is 0 Å². The van der Waals surface area contributed by atoms with E-state index >= 15 is 0 Å². The molecule has 0 saturated carbocycles. The monoisotopic (exact) mass is 286 g/mol. The lowest BCUT2D eigenvalue weighted by Gasteiger charge is -2.30. The van der Waals surface area contributed by atoms with Crippen LogP contribution in [0.1, 0.15) is 16.7 Å². The zero-order chi connectivity index (χ0) is 15.1. The van der Waals surface area contributed by atoms with Crippen molar-refractivity contribution in [3.8, 4) is 0 Å². The van der Waals surface area contributed by atoms with E-state index in [1.165, 1.54) is 0 Å². The molecule has 0 aliphatic heterocycles. The minimum atomic E-state index is -0.761. The quantitative estimate of drug-likeness (QED) is 0.822. The lowest BCUT2D eigenvalue weighted by molar-refractivity contribution is 0.0131. The van der Waals surface area contributed by atoms with Crippen LogP contribution in [-0.2, 0) is 16.8 Å². The average molecular weight is 286 g/mol. The van der Waals surface area contributed by atoms with Gasteiger partial charge < -0.3 is 14.9 Å². The van der Waals surface area contributed by atoms with Gasteiger partial charge in [0.05, 0.1) is 31.8 Å². The molecule has 0 atom stereocenters. The van der Waals surface area contributed by atoms with Crippen LogP contribution < -0.4 is 0 Å². The van der Waals surface area contributed by atoms with Gasteiger partial charge in [-0.05, 0) is 18.1 Å². The Hall–Kier alpha value is -1.68. The highest BCUT2D eigenvalue weighted by Crippen LogP contribution is 2.25. The van der Waals surface area contributed by atoms with Crippen LogP contribution in [0.5, 0.6) is 0 Å². The number of hydrogen-bond acceptors (Lipinski definition) is 3. The summed E-state index contributed by atoms with van der Waals surface area (Å²) in [5.74, 6) is 0. The summed E-state index contributed by atoms with van der Waals surface area (Å²) in [6.07, 6.45) is 0. The van der Waals surface area contributed by atoms with Crippen LogP contribution in [0, 0.1) is 6.92 Å². The lowest BCUT2D eigenvalue weighted by atomic mass is 9.82. The molecule has 0 aliphatic carbocycles. The van der Waals surface area contributed by atoms with Crippen LogP contribution in [0.3, 0.4) is 0 Å². The minimum absolute atomic E-state index is 0.151. The second kappa shape index (κ2) is 7.36. The summed E-state index contributed by atoms with van der Waals surface area (Å²) >= 11 is 0. The van der Waals surface area contributed by atoms with Gasteiger partial charge in [0.1, 0.15) is 0 Å². The zero-order valence-electron chi connectivity index (χ0n) is 12.3. The number of hydrogen-bond donors (Lipinski definition) is 2. The molecule has 3 nitrogen and oxygen atoms in total. The van der Waals surface area contributed by atoms with Gasteiger partial charge in [0.2, 0.25) is 0 Å². The van der Waals surface area contributed by atoms with Crippen molar-refractivity contribution in [2.75, 3.05) is 19.8 Å². The molecule has 3 heteroatoms. The Balaban J connectivity index is 2.06. The Morgan fingerprint density at radius 1 is 0.905 bits per heavy atom. The summed E-state index contributed by atoms with van der Waals surface area (Å²) in [7, 11) is 0.